The number of hydrogen-bond acceptors (Lipinski definition) is 6. The van der Waals surface area contributed by atoms with Gasteiger partial charge in [0.25, 0.3) is 5.91 Å². The third kappa shape index (κ3) is 5.45. The molecule has 2 atom stereocenters. The minimum Gasteiger partial charge on any atom is -0.459 e. The standard InChI is InChI=1S/C21H27N3O4S/c25-19(23-16-8-3-4-9-17(16)28-15-6-1-2-7-15)12-14-13-29-21(22-14)24-20(26)18-10-5-11-27-18/h5,10-11,13,15-17H,1-4,6-9,12H2,(H,23,25)(H,22,24,26)/t16-,17-/m0/s1. The van der Waals surface area contributed by atoms with Gasteiger partial charge in [0.1, 0.15) is 0 Å². The topological polar surface area (TPSA) is 93.5 Å². The first kappa shape index (κ1) is 20.1. The van der Waals surface area contributed by atoms with E-state index in [0.29, 0.717) is 16.9 Å². The number of carbonyl (C=O) groups excluding carboxylic acids is 2. The molecule has 2 aliphatic carbocycles. The number of aromatic nitrogens is 1. The Balaban J connectivity index is 1.28. The number of thiazole rings is 1. The van der Waals surface area contributed by atoms with E-state index in [1.54, 1.807) is 17.5 Å². The van der Waals surface area contributed by atoms with Crippen LogP contribution in [-0.4, -0.2) is 35.0 Å². The smallest absolute Gasteiger partial charge is 0.293 e. The first-order chi connectivity index (χ1) is 14.2. The van der Waals surface area contributed by atoms with Crippen molar-refractivity contribution in [3.63, 3.8) is 0 Å². The molecule has 0 bridgehead atoms. The van der Waals surface area contributed by atoms with Gasteiger partial charge in [0.2, 0.25) is 5.91 Å². The van der Waals surface area contributed by atoms with E-state index in [4.69, 9.17) is 9.15 Å². The van der Waals surface area contributed by atoms with E-state index in [-0.39, 0.29) is 36.1 Å². The number of carbonyl (C=O) groups is 2. The SMILES string of the molecule is O=C(Cc1csc(NC(=O)c2ccco2)n1)N[C@H]1CCCC[C@@H]1OC1CCCC1. The first-order valence-corrected chi connectivity index (χ1v) is 11.3. The lowest BCUT2D eigenvalue weighted by Crippen LogP contribution is -2.47. The van der Waals surface area contributed by atoms with E-state index in [9.17, 15) is 9.59 Å². The van der Waals surface area contributed by atoms with Crippen LogP contribution >= 0.6 is 11.3 Å². The molecule has 0 aromatic carbocycles. The van der Waals surface area contributed by atoms with E-state index in [2.05, 4.69) is 15.6 Å². The van der Waals surface area contributed by atoms with Crippen molar-refractivity contribution in [3.05, 3.63) is 35.2 Å². The number of furan rings is 1. The lowest BCUT2D eigenvalue weighted by Gasteiger charge is -2.34. The molecule has 8 heteroatoms. The number of ether oxygens (including phenoxy) is 1. The highest BCUT2D eigenvalue weighted by Crippen LogP contribution is 2.28. The van der Waals surface area contributed by atoms with Crippen molar-refractivity contribution in [2.24, 2.45) is 0 Å². The maximum Gasteiger partial charge on any atom is 0.293 e. The molecular weight excluding hydrogens is 390 g/mol. The molecule has 2 N–H and O–H groups in total. The molecular formula is C21H27N3O4S. The van der Waals surface area contributed by atoms with Gasteiger partial charge in [-0.05, 0) is 37.8 Å². The average Bonchev–Trinajstić information content (AvgIpc) is 3.46. The fourth-order valence-electron chi connectivity index (χ4n) is 4.13. The average molecular weight is 418 g/mol. The van der Waals surface area contributed by atoms with Gasteiger partial charge in [0, 0.05) is 5.38 Å². The normalized spacial score (nSPS) is 22.5. The predicted molar refractivity (Wildman–Crippen MR) is 110 cm³/mol. The summed E-state index contributed by atoms with van der Waals surface area (Å²) in [7, 11) is 0. The highest BCUT2D eigenvalue weighted by atomic mass is 32.1. The summed E-state index contributed by atoms with van der Waals surface area (Å²) < 4.78 is 11.4. The Bertz CT molecular complexity index is 814. The van der Waals surface area contributed by atoms with Crippen LogP contribution in [0.25, 0.3) is 0 Å². The molecule has 0 aliphatic heterocycles. The summed E-state index contributed by atoms with van der Waals surface area (Å²) in [5.41, 5.74) is 0.645. The summed E-state index contributed by atoms with van der Waals surface area (Å²) in [6.45, 7) is 0. The Morgan fingerprint density at radius 3 is 2.76 bits per heavy atom. The molecule has 0 radical (unpaired) electrons. The van der Waals surface area contributed by atoms with E-state index in [0.717, 1.165) is 38.5 Å². The maximum atomic E-state index is 12.6. The quantitative estimate of drug-likeness (QED) is 0.712. The summed E-state index contributed by atoms with van der Waals surface area (Å²) in [4.78, 5) is 28.9. The highest BCUT2D eigenvalue weighted by Gasteiger charge is 2.30. The largest absolute Gasteiger partial charge is 0.459 e. The molecule has 7 nitrogen and oxygen atoms in total. The van der Waals surface area contributed by atoms with Crippen LogP contribution < -0.4 is 10.6 Å². The highest BCUT2D eigenvalue weighted by molar-refractivity contribution is 7.14. The van der Waals surface area contributed by atoms with Gasteiger partial charge < -0.3 is 14.5 Å². The van der Waals surface area contributed by atoms with E-state index >= 15 is 0 Å². The van der Waals surface area contributed by atoms with Gasteiger partial charge in [-0.2, -0.15) is 0 Å². The Hall–Kier alpha value is -2.19. The van der Waals surface area contributed by atoms with Gasteiger partial charge in [-0.1, -0.05) is 25.7 Å². The zero-order chi connectivity index (χ0) is 20.1. The molecule has 2 amide bonds. The molecule has 2 fully saturated rings. The van der Waals surface area contributed by atoms with Crippen molar-refractivity contribution >= 4 is 28.3 Å². The molecule has 2 aromatic rings. The third-order valence-electron chi connectivity index (χ3n) is 5.58. The molecule has 0 unspecified atom stereocenters. The molecule has 2 aromatic heterocycles. The summed E-state index contributed by atoms with van der Waals surface area (Å²) in [6, 6.07) is 3.32. The molecule has 0 spiro atoms. The van der Waals surface area contributed by atoms with E-state index in [1.165, 1.54) is 30.4 Å². The second-order valence-corrected chi connectivity index (χ2v) is 8.65. The van der Waals surface area contributed by atoms with Gasteiger partial charge in [-0.25, -0.2) is 4.98 Å². The van der Waals surface area contributed by atoms with Crippen LogP contribution in [0.1, 0.15) is 67.6 Å². The summed E-state index contributed by atoms with van der Waals surface area (Å²) >= 11 is 1.30. The molecule has 2 heterocycles. The third-order valence-corrected chi connectivity index (χ3v) is 6.38. The van der Waals surface area contributed by atoms with Crippen molar-refractivity contribution < 1.29 is 18.7 Å². The number of nitrogens with one attached hydrogen (secondary N) is 2. The molecule has 0 saturated heterocycles. The minimum absolute atomic E-state index is 0.0499. The van der Waals surface area contributed by atoms with Gasteiger partial charge in [-0.3, -0.25) is 14.9 Å². The van der Waals surface area contributed by atoms with Crippen LogP contribution in [0.15, 0.2) is 28.2 Å². The maximum absolute atomic E-state index is 12.6. The van der Waals surface area contributed by atoms with Crippen molar-refractivity contribution in [3.8, 4) is 0 Å². The van der Waals surface area contributed by atoms with Crippen LogP contribution in [-0.2, 0) is 16.0 Å². The Labute approximate surface area is 174 Å². The number of anilines is 1. The number of hydrogen-bond donors (Lipinski definition) is 2. The van der Waals surface area contributed by atoms with Crippen LogP contribution in [0.5, 0.6) is 0 Å². The molecule has 156 valence electrons. The predicted octanol–water partition coefficient (Wildman–Crippen LogP) is 3.92. The van der Waals surface area contributed by atoms with Crippen LogP contribution in [0, 0.1) is 0 Å². The second-order valence-electron chi connectivity index (χ2n) is 7.79. The Kier molecular flexibility index (Phi) is 6.61. The summed E-state index contributed by atoms with van der Waals surface area (Å²) in [5.74, 6) is -0.175. The van der Waals surface area contributed by atoms with Crippen molar-refractivity contribution in [2.75, 3.05) is 5.32 Å². The van der Waals surface area contributed by atoms with Crippen molar-refractivity contribution in [2.45, 2.75) is 76.0 Å². The lowest BCUT2D eigenvalue weighted by molar-refractivity contribution is -0.124. The van der Waals surface area contributed by atoms with Gasteiger partial charge in [-0.15, -0.1) is 11.3 Å². The first-order valence-electron chi connectivity index (χ1n) is 10.4. The van der Waals surface area contributed by atoms with Gasteiger partial charge in [0.05, 0.1) is 36.6 Å². The number of amides is 2. The molecule has 2 aliphatic rings. The zero-order valence-corrected chi connectivity index (χ0v) is 17.2. The van der Waals surface area contributed by atoms with Crippen LogP contribution in [0.4, 0.5) is 5.13 Å². The van der Waals surface area contributed by atoms with E-state index < -0.39 is 0 Å². The minimum atomic E-state index is -0.352. The Morgan fingerprint density at radius 2 is 1.97 bits per heavy atom. The van der Waals surface area contributed by atoms with E-state index in [1.807, 2.05) is 0 Å². The Morgan fingerprint density at radius 1 is 1.17 bits per heavy atom. The van der Waals surface area contributed by atoms with Gasteiger partial charge >= 0.3 is 0 Å². The molecule has 29 heavy (non-hydrogen) atoms. The van der Waals surface area contributed by atoms with Crippen molar-refractivity contribution in [1.29, 1.82) is 0 Å². The van der Waals surface area contributed by atoms with Gasteiger partial charge in [0.15, 0.2) is 10.9 Å². The van der Waals surface area contributed by atoms with Crippen LogP contribution in [0.2, 0.25) is 0 Å². The van der Waals surface area contributed by atoms with Crippen LogP contribution in [0.3, 0.4) is 0 Å². The number of rotatable bonds is 7. The fourth-order valence-corrected chi connectivity index (χ4v) is 4.84. The molecule has 2 saturated carbocycles. The van der Waals surface area contributed by atoms with Crippen molar-refractivity contribution in [1.82, 2.24) is 10.3 Å². The zero-order valence-electron chi connectivity index (χ0n) is 16.4. The molecule has 4 rings (SSSR count). The lowest BCUT2D eigenvalue weighted by atomic mass is 9.92. The second kappa shape index (κ2) is 9.54. The monoisotopic (exact) mass is 417 g/mol. The number of nitrogens with zero attached hydrogens (tertiary/aromatic N) is 1. The summed E-state index contributed by atoms with van der Waals surface area (Å²) in [6.07, 6.45) is 11.2. The summed E-state index contributed by atoms with van der Waals surface area (Å²) in [5, 5.41) is 8.10. The fraction of sp³-hybridized carbons (Fsp3) is 0.571.